The summed E-state index contributed by atoms with van der Waals surface area (Å²) in [5, 5.41) is 4.80. The van der Waals surface area contributed by atoms with Crippen LogP contribution in [0.1, 0.15) is 58.4 Å². The fourth-order valence-electron chi connectivity index (χ4n) is 2.93. The normalized spacial score (nSPS) is 12.5. The van der Waals surface area contributed by atoms with Gasteiger partial charge in [0.2, 0.25) is 0 Å². The molecule has 2 heteroatoms. The van der Waals surface area contributed by atoms with Gasteiger partial charge in [-0.25, -0.2) is 0 Å². The summed E-state index contributed by atoms with van der Waals surface area (Å²) in [6.07, 6.45) is 1.01. The lowest BCUT2D eigenvalue weighted by molar-refractivity contribution is 0.464. The highest BCUT2D eigenvalue weighted by Gasteiger charge is 2.25. The molecule has 0 amide bonds. The van der Waals surface area contributed by atoms with Crippen molar-refractivity contribution in [2.75, 3.05) is 6.54 Å². The van der Waals surface area contributed by atoms with E-state index in [1.165, 1.54) is 16.5 Å². The van der Waals surface area contributed by atoms with Gasteiger partial charge in [-0.3, -0.25) is 0 Å². The molecule has 1 heterocycles. The van der Waals surface area contributed by atoms with Crippen molar-refractivity contribution in [3.63, 3.8) is 0 Å². The Morgan fingerprint density at radius 1 is 1.19 bits per heavy atom. The van der Waals surface area contributed by atoms with Crippen LogP contribution < -0.4 is 5.32 Å². The topological polar surface area (TPSA) is 25.2 Å². The van der Waals surface area contributed by atoms with E-state index in [4.69, 9.17) is 4.42 Å². The quantitative estimate of drug-likeness (QED) is 0.833. The minimum atomic E-state index is 0.0897. The van der Waals surface area contributed by atoms with Crippen LogP contribution in [0.2, 0.25) is 0 Å². The molecule has 0 bridgehead atoms. The van der Waals surface area contributed by atoms with E-state index in [9.17, 15) is 0 Å². The van der Waals surface area contributed by atoms with Gasteiger partial charge in [0.15, 0.2) is 0 Å². The number of aryl methyl sites for hydroxylation is 1. The highest BCUT2D eigenvalue weighted by atomic mass is 16.3. The molecule has 0 aliphatic rings. The molecule has 0 saturated carbocycles. The van der Waals surface area contributed by atoms with E-state index in [0.29, 0.717) is 5.92 Å². The summed E-state index contributed by atoms with van der Waals surface area (Å²) in [6, 6.07) is 6.52. The molecule has 2 rings (SSSR count). The van der Waals surface area contributed by atoms with Crippen LogP contribution in [0.15, 0.2) is 22.6 Å². The molecule has 0 atom stereocenters. The van der Waals surface area contributed by atoms with Crippen molar-refractivity contribution >= 4 is 11.0 Å². The van der Waals surface area contributed by atoms with E-state index < -0.39 is 0 Å². The lowest BCUT2D eigenvalue weighted by Crippen LogP contribution is -2.21. The molecule has 1 aromatic heterocycles. The highest BCUT2D eigenvalue weighted by Crippen LogP contribution is 2.37. The fraction of sp³-hybridized carbons (Fsp3) is 0.579. The van der Waals surface area contributed by atoms with E-state index in [0.717, 1.165) is 30.9 Å². The Labute approximate surface area is 128 Å². The van der Waals surface area contributed by atoms with E-state index in [1.807, 2.05) is 0 Å². The van der Waals surface area contributed by atoms with Crippen molar-refractivity contribution in [3.8, 4) is 0 Å². The SMILES string of the molecule is CCc1cccc2c(C(C)(C)C)c(CNCC(C)C)oc12. The summed E-state index contributed by atoms with van der Waals surface area (Å²) in [7, 11) is 0. The summed E-state index contributed by atoms with van der Waals surface area (Å²) in [5.41, 5.74) is 3.82. The Bertz CT molecular complexity index is 602. The van der Waals surface area contributed by atoms with Crippen molar-refractivity contribution in [1.29, 1.82) is 0 Å². The molecule has 0 fully saturated rings. The Morgan fingerprint density at radius 3 is 2.48 bits per heavy atom. The first-order valence-corrected chi connectivity index (χ1v) is 8.09. The Balaban J connectivity index is 2.47. The molecule has 1 aromatic carbocycles. The minimum Gasteiger partial charge on any atom is -0.459 e. The molecule has 0 aliphatic carbocycles. The number of para-hydroxylation sites is 1. The Kier molecular flexibility index (Phi) is 4.77. The fourth-order valence-corrected chi connectivity index (χ4v) is 2.93. The second kappa shape index (κ2) is 6.23. The molecular weight excluding hydrogens is 258 g/mol. The molecule has 0 saturated heterocycles. The molecule has 2 nitrogen and oxygen atoms in total. The zero-order chi connectivity index (χ0) is 15.6. The molecule has 0 spiro atoms. The number of hydrogen-bond acceptors (Lipinski definition) is 2. The number of rotatable bonds is 5. The standard InChI is InChI=1S/C19H29NO/c1-7-14-9-8-10-15-17(19(4,5)6)16(21-18(14)15)12-20-11-13(2)3/h8-10,13,20H,7,11-12H2,1-6H3. The Hall–Kier alpha value is -1.28. The van der Waals surface area contributed by atoms with Crippen molar-refractivity contribution in [2.24, 2.45) is 5.92 Å². The summed E-state index contributed by atoms with van der Waals surface area (Å²) in [4.78, 5) is 0. The number of furan rings is 1. The van der Waals surface area contributed by atoms with Crippen LogP contribution in [0.5, 0.6) is 0 Å². The van der Waals surface area contributed by atoms with E-state index in [-0.39, 0.29) is 5.41 Å². The van der Waals surface area contributed by atoms with Gasteiger partial charge in [0.05, 0.1) is 6.54 Å². The lowest BCUT2D eigenvalue weighted by atomic mass is 9.84. The van der Waals surface area contributed by atoms with Gasteiger partial charge in [0, 0.05) is 10.9 Å². The number of hydrogen-bond donors (Lipinski definition) is 1. The largest absolute Gasteiger partial charge is 0.459 e. The monoisotopic (exact) mass is 287 g/mol. The average molecular weight is 287 g/mol. The third-order valence-corrected chi connectivity index (χ3v) is 3.84. The summed E-state index contributed by atoms with van der Waals surface area (Å²) >= 11 is 0. The van der Waals surface area contributed by atoms with Crippen molar-refractivity contribution in [2.45, 2.75) is 59.9 Å². The maximum atomic E-state index is 6.27. The molecule has 0 aliphatic heterocycles. The smallest absolute Gasteiger partial charge is 0.137 e. The van der Waals surface area contributed by atoms with E-state index in [1.54, 1.807) is 0 Å². The maximum absolute atomic E-state index is 6.27. The minimum absolute atomic E-state index is 0.0897. The van der Waals surface area contributed by atoms with Crippen LogP contribution in [0.25, 0.3) is 11.0 Å². The van der Waals surface area contributed by atoms with Gasteiger partial charge in [0.25, 0.3) is 0 Å². The lowest BCUT2D eigenvalue weighted by Gasteiger charge is -2.19. The van der Waals surface area contributed by atoms with Crippen molar-refractivity contribution < 1.29 is 4.42 Å². The van der Waals surface area contributed by atoms with E-state index >= 15 is 0 Å². The molecule has 0 radical (unpaired) electrons. The van der Waals surface area contributed by atoms with Crippen molar-refractivity contribution in [1.82, 2.24) is 5.32 Å². The number of benzene rings is 1. The van der Waals surface area contributed by atoms with Gasteiger partial charge >= 0.3 is 0 Å². The van der Waals surface area contributed by atoms with Crippen LogP contribution in [-0.2, 0) is 18.4 Å². The predicted molar refractivity (Wildman–Crippen MR) is 90.8 cm³/mol. The van der Waals surface area contributed by atoms with Gasteiger partial charge in [-0.2, -0.15) is 0 Å². The third-order valence-electron chi connectivity index (χ3n) is 3.84. The number of fused-ring (bicyclic) bond motifs is 1. The zero-order valence-corrected chi connectivity index (χ0v) is 14.3. The molecule has 0 unspecified atom stereocenters. The van der Waals surface area contributed by atoms with Gasteiger partial charge in [0.1, 0.15) is 11.3 Å². The van der Waals surface area contributed by atoms with Crippen LogP contribution >= 0.6 is 0 Å². The zero-order valence-electron chi connectivity index (χ0n) is 14.3. The summed E-state index contributed by atoms with van der Waals surface area (Å²) in [6.45, 7) is 15.3. The van der Waals surface area contributed by atoms with E-state index in [2.05, 4.69) is 65.1 Å². The first kappa shape index (κ1) is 16.1. The molecule has 2 aromatic rings. The summed E-state index contributed by atoms with van der Waals surface area (Å²) < 4.78 is 6.27. The molecule has 1 N–H and O–H groups in total. The average Bonchev–Trinajstić information content (AvgIpc) is 2.75. The third kappa shape index (κ3) is 3.49. The van der Waals surface area contributed by atoms with Crippen LogP contribution in [0.3, 0.4) is 0 Å². The molecule has 116 valence electrons. The Morgan fingerprint density at radius 2 is 1.90 bits per heavy atom. The second-order valence-electron chi connectivity index (χ2n) is 7.32. The second-order valence-corrected chi connectivity index (χ2v) is 7.32. The van der Waals surface area contributed by atoms with Gasteiger partial charge in [-0.05, 0) is 29.9 Å². The maximum Gasteiger partial charge on any atom is 0.137 e. The molecule has 21 heavy (non-hydrogen) atoms. The van der Waals surface area contributed by atoms with Crippen molar-refractivity contribution in [3.05, 3.63) is 35.1 Å². The molecular formula is C19H29NO. The van der Waals surface area contributed by atoms with Gasteiger partial charge < -0.3 is 9.73 Å². The van der Waals surface area contributed by atoms with Crippen LogP contribution in [0.4, 0.5) is 0 Å². The van der Waals surface area contributed by atoms with Crippen LogP contribution in [-0.4, -0.2) is 6.54 Å². The summed E-state index contributed by atoms with van der Waals surface area (Å²) in [5.74, 6) is 1.75. The predicted octanol–water partition coefficient (Wildman–Crippen LogP) is 5.04. The highest BCUT2D eigenvalue weighted by molar-refractivity contribution is 5.86. The van der Waals surface area contributed by atoms with Gasteiger partial charge in [-0.15, -0.1) is 0 Å². The van der Waals surface area contributed by atoms with Gasteiger partial charge in [-0.1, -0.05) is 59.7 Å². The first-order chi connectivity index (χ1) is 9.84. The first-order valence-electron chi connectivity index (χ1n) is 8.09. The number of nitrogens with one attached hydrogen (secondary N) is 1. The van der Waals surface area contributed by atoms with Crippen LogP contribution in [0, 0.1) is 5.92 Å².